The minimum atomic E-state index is -0.504. The predicted molar refractivity (Wildman–Crippen MR) is 60.5 cm³/mol. The molecule has 0 aliphatic heterocycles. The third-order valence-corrected chi connectivity index (χ3v) is 5.22. The third kappa shape index (κ3) is 1.53. The monoisotopic (exact) mass is 209 g/mol. The van der Waals surface area contributed by atoms with Crippen LogP contribution in [0, 0.1) is 23.7 Å². The Morgan fingerprint density at radius 3 is 2.40 bits per heavy atom. The van der Waals surface area contributed by atoms with E-state index in [1.807, 2.05) is 6.92 Å². The van der Waals surface area contributed by atoms with Crippen LogP contribution < -0.4 is 5.32 Å². The SMILES string of the molecule is CCC(C)(O)CNC1C2C3CCC(C3)C12. The molecule has 3 aliphatic carbocycles. The van der Waals surface area contributed by atoms with E-state index in [-0.39, 0.29) is 0 Å². The van der Waals surface area contributed by atoms with Gasteiger partial charge in [-0.15, -0.1) is 0 Å². The fourth-order valence-corrected chi connectivity index (χ4v) is 4.06. The van der Waals surface area contributed by atoms with Gasteiger partial charge in [-0.25, -0.2) is 0 Å². The fraction of sp³-hybridized carbons (Fsp3) is 1.00. The van der Waals surface area contributed by atoms with Crippen LogP contribution in [0.1, 0.15) is 39.5 Å². The maximum atomic E-state index is 9.95. The molecule has 0 heterocycles. The average Bonchev–Trinajstić information content (AvgIpc) is 2.62. The molecule has 86 valence electrons. The van der Waals surface area contributed by atoms with Gasteiger partial charge in [-0.2, -0.15) is 0 Å². The lowest BCUT2D eigenvalue weighted by atomic mass is 10.0. The fourth-order valence-electron chi connectivity index (χ4n) is 4.06. The first-order chi connectivity index (χ1) is 7.12. The Labute approximate surface area is 92.4 Å². The minimum absolute atomic E-state index is 0.504. The zero-order valence-electron chi connectivity index (χ0n) is 9.87. The molecular weight excluding hydrogens is 186 g/mol. The van der Waals surface area contributed by atoms with Gasteiger partial charge in [0.1, 0.15) is 0 Å². The van der Waals surface area contributed by atoms with Crippen LogP contribution >= 0.6 is 0 Å². The second-order valence-electron chi connectivity index (χ2n) is 6.25. The van der Waals surface area contributed by atoms with E-state index in [2.05, 4.69) is 12.2 Å². The summed E-state index contributed by atoms with van der Waals surface area (Å²) in [5.41, 5.74) is -0.504. The maximum absolute atomic E-state index is 9.95. The van der Waals surface area contributed by atoms with Crippen molar-refractivity contribution in [3.63, 3.8) is 0 Å². The summed E-state index contributed by atoms with van der Waals surface area (Å²) in [5.74, 6) is 4.03. The summed E-state index contributed by atoms with van der Waals surface area (Å²) in [6.45, 7) is 4.77. The van der Waals surface area contributed by atoms with Crippen LogP contribution in [0.15, 0.2) is 0 Å². The van der Waals surface area contributed by atoms with Crippen molar-refractivity contribution in [2.24, 2.45) is 23.7 Å². The first kappa shape index (κ1) is 10.1. The van der Waals surface area contributed by atoms with Gasteiger partial charge >= 0.3 is 0 Å². The van der Waals surface area contributed by atoms with Crippen molar-refractivity contribution in [1.29, 1.82) is 0 Å². The van der Waals surface area contributed by atoms with E-state index >= 15 is 0 Å². The van der Waals surface area contributed by atoms with Crippen molar-refractivity contribution in [1.82, 2.24) is 5.32 Å². The second-order valence-corrected chi connectivity index (χ2v) is 6.25. The van der Waals surface area contributed by atoms with Crippen molar-refractivity contribution in [3.8, 4) is 0 Å². The van der Waals surface area contributed by atoms with Crippen molar-refractivity contribution >= 4 is 0 Å². The summed E-state index contributed by atoms with van der Waals surface area (Å²) >= 11 is 0. The van der Waals surface area contributed by atoms with Gasteiger partial charge in [-0.1, -0.05) is 6.92 Å². The lowest BCUT2D eigenvalue weighted by Gasteiger charge is -2.22. The van der Waals surface area contributed by atoms with Gasteiger partial charge in [0, 0.05) is 12.6 Å². The second kappa shape index (κ2) is 3.21. The van der Waals surface area contributed by atoms with E-state index in [1.54, 1.807) is 0 Å². The summed E-state index contributed by atoms with van der Waals surface area (Å²) in [7, 11) is 0. The average molecular weight is 209 g/mol. The third-order valence-electron chi connectivity index (χ3n) is 5.22. The lowest BCUT2D eigenvalue weighted by Crippen LogP contribution is -2.39. The summed E-state index contributed by atoms with van der Waals surface area (Å²) in [6, 6.07) is 0.759. The molecule has 5 atom stereocenters. The van der Waals surface area contributed by atoms with Gasteiger partial charge in [0.15, 0.2) is 0 Å². The number of fused-ring (bicyclic) bond motifs is 5. The molecule has 0 saturated heterocycles. The molecule has 0 amide bonds. The molecule has 0 aromatic heterocycles. The first-order valence-corrected chi connectivity index (χ1v) is 6.58. The number of hydrogen-bond acceptors (Lipinski definition) is 2. The summed E-state index contributed by atoms with van der Waals surface area (Å²) in [4.78, 5) is 0. The molecule has 2 heteroatoms. The first-order valence-electron chi connectivity index (χ1n) is 6.58. The van der Waals surface area contributed by atoms with Crippen LogP contribution in [0.3, 0.4) is 0 Å². The van der Waals surface area contributed by atoms with Crippen LogP contribution in [-0.4, -0.2) is 23.3 Å². The molecule has 3 aliphatic rings. The van der Waals surface area contributed by atoms with E-state index < -0.39 is 5.60 Å². The van der Waals surface area contributed by atoms with Crippen LogP contribution in [0.5, 0.6) is 0 Å². The standard InChI is InChI=1S/C13H23NO/c1-3-13(2,15)7-14-12-10-8-4-5-9(6-8)11(10)12/h8-12,14-15H,3-7H2,1-2H3. The van der Waals surface area contributed by atoms with Crippen molar-refractivity contribution in [2.75, 3.05) is 6.54 Å². The molecule has 5 unspecified atom stereocenters. The quantitative estimate of drug-likeness (QED) is 0.740. The van der Waals surface area contributed by atoms with E-state index in [4.69, 9.17) is 0 Å². The van der Waals surface area contributed by atoms with Crippen LogP contribution in [-0.2, 0) is 0 Å². The van der Waals surface area contributed by atoms with E-state index in [0.717, 1.165) is 42.7 Å². The molecule has 2 nitrogen and oxygen atoms in total. The van der Waals surface area contributed by atoms with Gasteiger partial charge in [0.05, 0.1) is 5.60 Å². The molecule has 3 rings (SSSR count). The van der Waals surface area contributed by atoms with Crippen molar-refractivity contribution in [2.45, 2.75) is 51.2 Å². The topological polar surface area (TPSA) is 32.3 Å². The van der Waals surface area contributed by atoms with Crippen LogP contribution in [0.25, 0.3) is 0 Å². The molecule has 3 fully saturated rings. The minimum Gasteiger partial charge on any atom is -0.389 e. The largest absolute Gasteiger partial charge is 0.389 e. The molecule has 2 N–H and O–H groups in total. The lowest BCUT2D eigenvalue weighted by molar-refractivity contribution is 0.0543. The van der Waals surface area contributed by atoms with E-state index in [1.165, 1.54) is 19.3 Å². The molecule has 15 heavy (non-hydrogen) atoms. The highest BCUT2D eigenvalue weighted by Crippen LogP contribution is 2.65. The Balaban J connectivity index is 1.52. The summed E-state index contributed by atoms with van der Waals surface area (Å²) in [6.07, 6.45) is 5.31. The van der Waals surface area contributed by atoms with Crippen molar-refractivity contribution in [3.05, 3.63) is 0 Å². The van der Waals surface area contributed by atoms with Crippen LogP contribution in [0.4, 0.5) is 0 Å². The van der Waals surface area contributed by atoms with Gasteiger partial charge in [-0.3, -0.25) is 0 Å². The van der Waals surface area contributed by atoms with Gasteiger partial charge in [0.2, 0.25) is 0 Å². The molecule has 2 bridgehead atoms. The zero-order chi connectivity index (χ0) is 10.6. The van der Waals surface area contributed by atoms with Crippen molar-refractivity contribution < 1.29 is 5.11 Å². The zero-order valence-corrected chi connectivity index (χ0v) is 9.87. The molecule has 0 radical (unpaired) electrons. The molecule has 0 aromatic carbocycles. The Kier molecular flexibility index (Phi) is 2.16. The highest BCUT2D eigenvalue weighted by atomic mass is 16.3. The maximum Gasteiger partial charge on any atom is 0.0741 e. The Hall–Kier alpha value is -0.0800. The molecular formula is C13H23NO. The Morgan fingerprint density at radius 2 is 1.87 bits per heavy atom. The number of hydrogen-bond donors (Lipinski definition) is 2. The Morgan fingerprint density at radius 1 is 1.27 bits per heavy atom. The highest BCUT2D eigenvalue weighted by Gasteiger charge is 2.64. The van der Waals surface area contributed by atoms with Gasteiger partial charge < -0.3 is 10.4 Å². The van der Waals surface area contributed by atoms with Gasteiger partial charge in [-0.05, 0) is 56.3 Å². The number of nitrogens with one attached hydrogen (secondary N) is 1. The van der Waals surface area contributed by atoms with E-state index in [0.29, 0.717) is 0 Å². The molecule has 0 aromatic rings. The number of rotatable bonds is 4. The van der Waals surface area contributed by atoms with E-state index in [9.17, 15) is 5.11 Å². The highest BCUT2D eigenvalue weighted by molar-refractivity contribution is 5.16. The molecule has 3 saturated carbocycles. The predicted octanol–water partition coefficient (Wildman–Crippen LogP) is 1.78. The summed E-state index contributed by atoms with van der Waals surface area (Å²) < 4.78 is 0. The smallest absolute Gasteiger partial charge is 0.0741 e. The van der Waals surface area contributed by atoms with Crippen LogP contribution in [0.2, 0.25) is 0 Å². The Bertz CT molecular complexity index is 247. The normalized spacial score (nSPS) is 50.2. The van der Waals surface area contributed by atoms with Gasteiger partial charge in [0.25, 0.3) is 0 Å². The number of aliphatic hydroxyl groups is 1. The summed E-state index contributed by atoms with van der Waals surface area (Å²) in [5, 5.41) is 13.5. The molecule has 0 spiro atoms.